The van der Waals surface area contributed by atoms with E-state index >= 15 is 0 Å². The van der Waals surface area contributed by atoms with E-state index in [4.69, 9.17) is 4.74 Å². The molecule has 1 aromatic rings. The van der Waals surface area contributed by atoms with Gasteiger partial charge in [-0.15, -0.1) is 0 Å². The van der Waals surface area contributed by atoms with Gasteiger partial charge in [-0.1, -0.05) is 20.3 Å². The molecule has 0 spiro atoms. The minimum Gasteiger partial charge on any atom is -0.444 e. The molecular formula is C17H27N5O5. The summed E-state index contributed by atoms with van der Waals surface area (Å²) in [4.78, 5) is 51.8. The van der Waals surface area contributed by atoms with Crippen molar-refractivity contribution in [2.24, 2.45) is 11.0 Å². The molecule has 0 aromatic carbocycles. The molecular weight excluding hydrogens is 354 g/mol. The maximum absolute atomic E-state index is 12.4. The zero-order valence-electron chi connectivity index (χ0n) is 16.4. The van der Waals surface area contributed by atoms with E-state index in [2.05, 4.69) is 25.8 Å². The number of H-pyrrole nitrogens is 2. The van der Waals surface area contributed by atoms with Gasteiger partial charge in [0.05, 0.1) is 11.8 Å². The van der Waals surface area contributed by atoms with Gasteiger partial charge < -0.3 is 15.0 Å². The number of alkyl carbamates (subject to hydrolysis) is 1. The number of nitrogens with zero attached hydrogens (tertiary/aromatic N) is 1. The predicted molar refractivity (Wildman–Crippen MR) is 101 cm³/mol. The van der Waals surface area contributed by atoms with Gasteiger partial charge in [-0.25, -0.2) is 15.0 Å². The van der Waals surface area contributed by atoms with Crippen molar-refractivity contribution < 1.29 is 14.3 Å². The number of carbonyl (C=O) groups is 2. The molecule has 1 rings (SSSR count). The number of carbonyl (C=O) groups excluding carboxylic acids is 2. The van der Waals surface area contributed by atoms with E-state index in [0.717, 1.165) is 6.21 Å². The predicted octanol–water partition coefficient (Wildman–Crippen LogP) is 0.761. The third-order valence-corrected chi connectivity index (χ3v) is 3.71. The lowest BCUT2D eigenvalue weighted by Gasteiger charge is -2.25. The van der Waals surface area contributed by atoms with Gasteiger partial charge in [0.2, 0.25) is 0 Å². The van der Waals surface area contributed by atoms with E-state index in [1.54, 1.807) is 20.8 Å². The summed E-state index contributed by atoms with van der Waals surface area (Å²) in [6, 6.07) is -0.864. The van der Waals surface area contributed by atoms with E-state index < -0.39 is 34.9 Å². The fourth-order valence-electron chi connectivity index (χ4n) is 2.13. The van der Waals surface area contributed by atoms with Gasteiger partial charge in [-0.3, -0.25) is 14.6 Å². The van der Waals surface area contributed by atoms with Crippen LogP contribution in [-0.2, 0) is 9.53 Å². The number of hydrazone groups is 1. The van der Waals surface area contributed by atoms with Gasteiger partial charge in [-0.05, 0) is 33.6 Å². The molecule has 10 heteroatoms. The highest BCUT2D eigenvalue weighted by molar-refractivity contribution is 5.87. The molecule has 0 bridgehead atoms. The second-order valence-electron chi connectivity index (χ2n) is 7.19. The largest absolute Gasteiger partial charge is 0.444 e. The first-order chi connectivity index (χ1) is 12.4. The number of ether oxygens (including phenoxy) is 1. The average molecular weight is 381 g/mol. The van der Waals surface area contributed by atoms with Crippen LogP contribution in [0.4, 0.5) is 4.79 Å². The minimum absolute atomic E-state index is 0.107. The van der Waals surface area contributed by atoms with Crippen molar-refractivity contribution >= 4 is 18.2 Å². The molecule has 2 atom stereocenters. The Bertz CT molecular complexity index is 818. The second-order valence-corrected chi connectivity index (χ2v) is 7.19. The van der Waals surface area contributed by atoms with Crippen molar-refractivity contribution in [2.75, 3.05) is 0 Å². The van der Waals surface area contributed by atoms with Gasteiger partial charge in [0, 0.05) is 5.69 Å². The minimum atomic E-state index is -0.864. The number of amides is 2. The summed E-state index contributed by atoms with van der Waals surface area (Å²) in [5, 5.41) is 6.29. The molecule has 0 aliphatic carbocycles. The Kier molecular flexibility index (Phi) is 7.50. The lowest BCUT2D eigenvalue weighted by atomic mass is 9.99. The molecule has 1 heterocycles. The molecule has 0 saturated carbocycles. The third-order valence-electron chi connectivity index (χ3n) is 3.71. The normalized spacial score (nSPS) is 13.9. The molecule has 0 fully saturated rings. The van der Waals surface area contributed by atoms with Crippen molar-refractivity contribution in [2.45, 2.75) is 59.6 Å². The lowest BCUT2D eigenvalue weighted by molar-refractivity contribution is -0.124. The standard InChI is InChI=1S/C17H27N5O5/c1-7-9(2)12(20-16(26)27-17(4,5)6)14(24)22-18-8-11-10(3)19-15(25)21-13(11)23/h8-9,12H,7H2,1-6H3,(H,20,26)(H,22,24)(H2,19,21,23,25)/b18-8+/t9-,12+/m1/s1. The summed E-state index contributed by atoms with van der Waals surface area (Å²) in [5.74, 6) is -0.726. The Morgan fingerprint density at radius 2 is 1.89 bits per heavy atom. The van der Waals surface area contributed by atoms with E-state index in [1.807, 2.05) is 13.8 Å². The molecule has 0 aliphatic heterocycles. The summed E-state index contributed by atoms with van der Waals surface area (Å²) in [7, 11) is 0. The van der Waals surface area contributed by atoms with Crippen LogP contribution in [0.15, 0.2) is 14.7 Å². The number of hydrogen-bond acceptors (Lipinski definition) is 6. The topological polar surface area (TPSA) is 146 Å². The van der Waals surface area contributed by atoms with Crippen molar-refractivity contribution in [1.29, 1.82) is 0 Å². The van der Waals surface area contributed by atoms with E-state index in [9.17, 15) is 19.2 Å². The van der Waals surface area contributed by atoms with E-state index in [0.29, 0.717) is 12.1 Å². The van der Waals surface area contributed by atoms with Crippen LogP contribution in [0.5, 0.6) is 0 Å². The number of nitrogens with one attached hydrogen (secondary N) is 4. The molecule has 0 unspecified atom stereocenters. The van der Waals surface area contributed by atoms with Gasteiger partial charge in [-0.2, -0.15) is 5.10 Å². The van der Waals surface area contributed by atoms with Crippen molar-refractivity contribution in [1.82, 2.24) is 20.7 Å². The average Bonchev–Trinajstić information content (AvgIpc) is 2.52. The smallest absolute Gasteiger partial charge is 0.408 e. The summed E-state index contributed by atoms with van der Waals surface area (Å²) < 4.78 is 5.18. The first-order valence-electron chi connectivity index (χ1n) is 8.60. The maximum atomic E-state index is 12.4. The monoisotopic (exact) mass is 381 g/mol. The van der Waals surface area contributed by atoms with Crippen molar-refractivity contribution in [3.05, 3.63) is 32.1 Å². The Morgan fingerprint density at radius 3 is 2.41 bits per heavy atom. The number of rotatable bonds is 6. The Labute approximate surface area is 156 Å². The zero-order valence-corrected chi connectivity index (χ0v) is 16.4. The summed E-state index contributed by atoms with van der Waals surface area (Å²) in [5.41, 5.74) is 0.772. The molecule has 1 aromatic heterocycles. The van der Waals surface area contributed by atoms with E-state index in [1.165, 1.54) is 6.92 Å². The van der Waals surface area contributed by atoms with Gasteiger partial charge in [0.15, 0.2) is 0 Å². The first-order valence-corrected chi connectivity index (χ1v) is 8.60. The van der Waals surface area contributed by atoms with Crippen LogP contribution in [0.3, 0.4) is 0 Å². The van der Waals surface area contributed by atoms with Crippen LogP contribution < -0.4 is 22.0 Å². The summed E-state index contributed by atoms with van der Waals surface area (Å²) >= 11 is 0. The summed E-state index contributed by atoms with van der Waals surface area (Å²) in [6.07, 6.45) is 1.05. The Balaban J connectivity index is 2.87. The number of aromatic amines is 2. The maximum Gasteiger partial charge on any atom is 0.408 e. The molecule has 27 heavy (non-hydrogen) atoms. The highest BCUT2D eigenvalue weighted by Crippen LogP contribution is 2.11. The molecule has 0 saturated heterocycles. The zero-order chi connectivity index (χ0) is 20.8. The van der Waals surface area contributed by atoms with Crippen LogP contribution in [0, 0.1) is 12.8 Å². The molecule has 10 nitrogen and oxygen atoms in total. The van der Waals surface area contributed by atoms with Crippen molar-refractivity contribution in [3.63, 3.8) is 0 Å². The van der Waals surface area contributed by atoms with Crippen LogP contribution in [0.1, 0.15) is 52.3 Å². The lowest BCUT2D eigenvalue weighted by Crippen LogP contribution is -2.50. The van der Waals surface area contributed by atoms with Gasteiger partial charge >= 0.3 is 11.8 Å². The Hall–Kier alpha value is -2.91. The highest BCUT2D eigenvalue weighted by Gasteiger charge is 2.28. The Morgan fingerprint density at radius 1 is 1.26 bits per heavy atom. The van der Waals surface area contributed by atoms with Crippen LogP contribution >= 0.6 is 0 Å². The molecule has 2 amide bonds. The van der Waals surface area contributed by atoms with Gasteiger partial charge in [0.25, 0.3) is 11.5 Å². The number of aromatic nitrogens is 2. The van der Waals surface area contributed by atoms with Crippen molar-refractivity contribution in [3.8, 4) is 0 Å². The molecule has 0 radical (unpaired) electrons. The first kappa shape index (κ1) is 22.1. The summed E-state index contributed by atoms with van der Waals surface area (Å²) in [6.45, 7) is 10.4. The van der Waals surface area contributed by atoms with Gasteiger partial charge in [0.1, 0.15) is 11.6 Å². The molecule has 150 valence electrons. The van der Waals surface area contributed by atoms with Crippen LogP contribution in [0.25, 0.3) is 0 Å². The second kappa shape index (κ2) is 9.15. The van der Waals surface area contributed by atoms with Crippen LogP contribution in [0.2, 0.25) is 0 Å². The molecule has 0 aliphatic rings. The quantitative estimate of drug-likeness (QED) is 0.424. The fourth-order valence-corrected chi connectivity index (χ4v) is 2.13. The number of hydrogen-bond donors (Lipinski definition) is 4. The molecule has 4 N–H and O–H groups in total. The SMILES string of the molecule is CC[C@@H](C)[C@H](NC(=O)OC(C)(C)C)C(=O)N/N=C/c1c(C)[nH]c(=O)[nH]c1=O. The van der Waals surface area contributed by atoms with E-state index in [-0.39, 0.29) is 11.5 Å². The van der Waals surface area contributed by atoms with Crippen LogP contribution in [-0.4, -0.2) is 39.8 Å². The highest BCUT2D eigenvalue weighted by atomic mass is 16.6. The fraction of sp³-hybridized carbons (Fsp3) is 0.588. The third kappa shape index (κ3) is 7.08. The number of aryl methyl sites for hydroxylation is 1.